The Morgan fingerprint density at radius 3 is 2.42 bits per heavy atom. The van der Waals surface area contributed by atoms with E-state index in [1.54, 1.807) is 31.2 Å². The van der Waals surface area contributed by atoms with Crippen molar-refractivity contribution in [3.8, 4) is 5.75 Å². The van der Waals surface area contributed by atoms with E-state index in [0.717, 1.165) is 12.0 Å². The van der Waals surface area contributed by atoms with Crippen molar-refractivity contribution in [3.63, 3.8) is 0 Å². The van der Waals surface area contributed by atoms with Crippen molar-refractivity contribution in [1.29, 1.82) is 0 Å². The molecule has 26 heavy (non-hydrogen) atoms. The van der Waals surface area contributed by atoms with E-state index in [0.29, 0.717) is 5.02 Å². The number of amides is 1. The lowest BCUT2D eigenvalue weighted by Gasteiger charge is -2.23. The minimum absolute atomic E-state index is 0.0411. The third-order valence-electron chi connectivity index (χ3n) is 3.89. The quantitative estimate of drug-likeness (QED) is 0.674. The van der Waals surface area contributed by atoms with Gasteiger partial charge in [0, 0.05) is 11.1 Å². The van der Waals surface area contributed by atoms with Gasteiger partial charge < -0.3 is 10.1 Å². The average molecular weight is 383 g/mol. The zero-order chi connectivity index (χ0) is 19.1. The number of ether oxygens (including phenoxy) is 1. The van der Waals surface area contributed by atoms with Crippen LogP contribution in [0.4, 0.5) is 14.5 Å². The van der Waals surface area contributed by atoms with Gasteiger partial charge in [0.05, 0.1) is 11.7 Å². The Balaban J connectivity index is 2.04. The molecule has 140 valence electrons. The molecule has 0 bridgehead atoms. The van der Waals surface area contributed by atoms with E-state index in [1.165, 1.54) is 12.1 Å². The molecule has 0 aliphatic rings. The molecule has 2 aromatic carbocycles. The Kier molecular flexibility index (Phi) is 7.36. The molecule has 0 saturated heterocycles. The fourth-order valence-corrected chi connectivity index (χ4v) is 2.66. The summed E-state index contributed by atoms with van der Waals surface area (Å²) in [4.78, 5) is 12.4. The third-order valence-corrected chi connectivity index (χ3v) is 4.14. The molecule has 0 saturated carbocycles. The van der Waals surface area contributed by atoms with Crippen LogP contribution in [-0.4, -0.2) is 18.6 Å². The van der Waals surface area contributed by atoms with E-state index in [9.17, 15) is 13.6 Å². The Labute approximate surface area is 156 Å². The number of halogens is 3. The van der Waals surface area contributed by atoms with Gasteiger partial charge in [-0.2, -0.15) is 8.78 Å². The first-order valence-electron chi connectivity index (χ1n) is 8.27. The number of hydrogen-bond donors (Lipinski definition) is 2. The standard InChI is InChI=1S/C19H21ClF2N2O2/c1-3-15(13-8-10-14(20)11-9-13)23-12(2)18(25)24-16-6-4-5-7-17(16)26-19(21)22/h4-12,15,19,23H,3H2,1-2H3,(H,24,25). The number of nitrogens with one attached hydrogen (secondary N) is 2. The summed E-state index contributed by atoms with van der Waals surface area (Å²) in [5.41, 5.74) is 1.21. The summed E-state index contributed by atoms with van der Waals surface area (Å²) in [6, 6.07) is 12.9. The van der Waals surface area contributed by atoms with Gasteiger partial charge in [-0.25, -0.2) is 0 Å². The van der Waals surface area contributed by atoms with Crippen LogP contribution in [0.25, 0.3) is 0 Å². The normalized spacial score (nSPS) is 13.3. The number of alkyl halides is 2. The first-order chi connectivity index (χ1) is 12.4. The van der Waals surface area contributed by atoms with E-state index < -0.39 is 12.7 Å². The number of hydrogen-bond acceptors (Lipinski definition) is 3. The van der Waals surface area contributed by atoms with E-state index in [4.69, 9.17) is 11.6 Å². The molecule has 2 N–H and O–H groups in total. The molecule has 2 aromatic rings. The smallest absolute Gasteiger partial charge is 0.387 e. The molecule has 2 atom stereocenters. The third kappa shape index (κ3) is 5.68. The van der Waals surface area contributed by atoms with Crippen LogP contribution in [0.5, 0.6) is 5.75 Å². The molecular weight excluding hydrogens is 362 g/mol. The zero-order valence-corrected chi connectivity index (χ0v) is 15.3. The summed E-state index contributed by atoms with van der Waals surface area (Å²) in [6.45, 7) is 0.755. The fraction of sp³-hybridized carbons (Fsp3) is 0.316. The lowest BCUT2D eigenvalue weighted by Crippen LogP contribution is -2.40. The number of para-hydroxylation sites is 2. The van der Waals surface area contributed by atoms with Crippen molar-refractivity contribution in [1.82, 2.24) is 5.32 Å². The van der Waals surface area contributed by atoms with E-state index in [-0.39, 0.29) is 23.4 Å². The highest BCUT2D eigenvalue weighted by atomic mass is 35.5. The summed E-state index contributed by atoms with van der Waals surface area (Å²) in [6.07, 6.45) is 0.768. The summed E-state index contributed by atoms with van der Waals surface area (Å²) in [5, 5.41) is 6.51. The molecule has 2 rings (SSSR count). The Morgan fingerprint density at radius 1 is 1.15 bits per heavy atom. The molecule has 0 aromatic heterocycles. The number of rotatable bonds is 8. The Morgan fingerprint density at radius 2 is 1.81 bits per heavy atom. The van der Waals surface area contributed by atoms with Crippen molar-refractivity contribution in [3.05, 3.63) is 59.1 Å². The molecule has 4 nitrogen and oxygen atoms in total. The van der Waals surface area contributed by atoms with Crippen molar-refractivity contribution in [2.24, 2.45) is 0 Å². The zero-order valence-electron chi connectivity index (χ0n) is 14.5. The van der Waals surface area contributed by atoms with Gasteiger partial charge in [-0.3, -0.25) is 10.1 Å². The molecule has 2 unspecified atom stereocenters. The first kappa shape index (κ1) is 20.1. The minimum atomic E-state index is -2.96. The molecule has 0 aliphatic carbocycles. The summed E-state index contributed by atoms with van der Waals surface area (Å²) in [7, 11) is 0. The maximum absolute atomic E-state index is 12.5. The molecule has 0 spiro atoms. The van der Waals surface area contributed by atoms with Gasteiger partial charge in [0.15, 0.2) is 0 Å². The molecule has 7 heteroatoms. The Bertz CT molecular complexity index is 726. The fourth-order valence-electron chi connectivity index (χ4n) is 2.53. The van der Waals surface area contributed by atoms with Crippen molar-refractivity contribution < 1.29 is 18.3 Å². The van der Waals surface area contributed by atoms with Gasteiger partial charge >= 0.3 is 6.61 Å². The molecule has 0 heterocycles. The van der Waals surface area contributed by atoms with Crippen LogP contribution in [0.15, 0.2) is 48.5 Å². The second-order valence-corrected chi connectivity index (χ2v) is 6.20. The topological polar surface area (TPSA) is 50.4 Å². The average Bonchev–Trinajstić information content (AvgIpc) is 2.61. The predicted molar refractivity (Wildman–Crippen MR) is 98.8 cm³/mol. The molecule has 0 fully saturated rings. The van der Waals surface area contributed by atoms with Gasteiger partial charge in [-0.1, -0.05) is 42.8 Å². The van der Waals surface area contributed by atoms with Crippen LogP contribution in [-0.2, 0) is 4.79 Å². The minimum Gasteiger partial charge on any atom is -0.433 e. The van der Waals surface area contributed by atoms with Crippen molar-refractivity contribution in [2.45, 2.75) is 39.0 Å². The van der Waals surface area contributed by atoms with Crippen molar-refractivity contribution >= 4 is 23.2 Å². The van der Waals surface area contributed by atoms with Crippen LogP contribution in [0.1, 0.15) is 31.9 Å². The van der Waals surface area contributed by atoms with E-state index in [2.05, 4.69) is 15.4 Å². The largest absolute Gasteiger partial charge is 0.433 e. The first-order valence-corrected chi connectivity index (χ1v) is 8.64. The summed E-state index contributed by atoms with van der Waals surface area (Å²) < 4.78 is 29.4. The number of benzene rings is 2. The van der Waals surface area contributed by atoms with Gasteiger partial charge in [-0.05, 0) is 43.2 Å². The lowest BCUT2D eigenvalue weighted by atomic mass is 10.0. The van der Waals surface area contributed by atoms with Gasteiger partial charge in [0.1, 0.15) is 5.75 Å². The van der Waals surface area contributed by atoms with Crippen LogP contribution in [0, 0.1) is 0 Å². The van der Waals surface area contributed by atoms with E-state index in [1.807, 2.05) is 19.1 Å². The highest BCUT2D eigenvalue weighted by Gasteiger charge is 2.20. The lowest BCUT2D eigenvalue weighted by molar-refractivity contribution is -0.118. The monoisotopic (exact) mass is 382 g/mol. The van der Waals surface area contributed by atoms with Crippen LogP contribution < -0.4 is 15.4 Å². The van der Waals surface area contributed by atoms with Crippen LogP contribution in [0.2, 0.25) is 5.02 Å². The number of carbonyl (C=O) groups is 1. The molecule has 1 amide bonds. The highest BCUT2D eigenvalue weighted by Crippen LogP contribution is 2.26. The number of carbonyl (C=O) groups excluding carboxylic acids is 1. The van der Waals surface area contributed by atoms with Gasteiger partial charge in [0.25, 0.3) is 0 Å². The van der Waals surface area contributed by atoms with Gasteiger partial charge in [0.2, 0.25) is 5.91 Å². The van der Waals surface area contributed by atoms with Crippen LogP contribution >= 0.6 is 11.6 Å². The molecule has 0 radical (unpaired) electrons. The molecule has 0 aliphatic heterocycles. The Hall–Kier alpha value is -2.18. The maximum atomic E-state index is 12.5. The second kappa shape index (κ2) is 9.50. The number of anilines is 1. The SMILES string of the molecule is CCC(NC(C)C(=O)Nc1ccccc1OC(F)F)c1ccc(Cl)cc1. The highest BCUT2D eigenvalue weighted by molar-refractivity contribution is 6.30. The van der Waals surface area contributed by atoms with E-state index >= 15 is 0 Å². The predicted octanol–water partition coefficient (Wildman–Crippen LogP) is 5.01. The van der Waals surface area contributed by atoms with Gasteiger partial charge in [-0.15, -0.1) is 0 Å². The maximum Gasteiger partial charge on any atom is 0.387 e. The summed E-state index contributed by atoms with van der Waals surface area (Å²) >= 11 is 5.91. The second-order valence-electron chi connectivity index (χ2n) is 5.76. The van der Waals surface area contributed by atoms with Crippen LogP contribution in [0.3, 0.4) is 0 Å². The van der Waals surface area contributed by atoms with Crippen molar-refractivity contribution in [2.75, 3.05) is 5.32 Å². The molecular formula is C19H21ClF2N2O2. The summed E-state index contributed by atoms with van der Waals surface area (Å²) in [5.74, 6) is -0.421.